The molecule has 0 fully saturated rings. The zero-order chi connectivity index (χ0) is 11.7. The fourth-order valence-corrected chi connectivity index (χ4v) is 1.61. The van der Waals surface area contributed by atoms with Crippen molar-refractivity contribution in [3.05, 3.63) is 29.6 Å². The maximum atomic E-state index is 11.5. The van der Waals surface area contributed by atoms with Crippen LogP contribution in [-0.2, 0) is 4.74 Å². The van der Waals surface area contributed by atoms with Gasteiger partial charge in [0.15, 0.2) is 5.78 Å². The Labute approximate surface area is 91.4 Å². The highest BCUT2D eigenvalue weighted by Gasteiger charge is 2.17. The van der Waals surface area contributed by atoms with E-state index in [4.69, 9.17) is 0 Å². The molecule has 0 amide bonds. The van der Waals surface area contributed by atoms with Gasteiger partial charge in [0.05, 0.1) is 12.7 Å². The number of aromatic nitrogens is 2. The summed E-state index contributed by atoms with van der Waals surface area (Å²) in [7, 11) is 1.30. The Morgan fingerprint density at radius 3 is 2.75 bits per heavy atom. The van der Waals surface area contributed by atoms with E-state index in [2.05, 4.69) is 14.7 Å². The molecule has 2 heterocycles. The number of carbonyl (C=O) groups is 2. The monoisotopic (exact) mass is 218 g/mol. The molecule has 5 heteroatoms. The van der Waals surface area contributed by atoms with Crippen LogP contribution in [0.1, 0.15) is 27.6 Å². The van der Waals surface area contributed by atoms with Crippen molar-refractivity contribution in [2.45, 2.75) is 6.92 Å². The number of hydrogen-bond donors (Lipinski definition) is 1. The Balaban J connectivity index is 2.78. The fraction of sp³-hybridized carbons (Fsp3) is 0.182. The molecule has 1 N–H and O–H groups in total. The number of rotatable bonds is 2. The first-order chi connectivity index (χ1) is 7.65. The second kappa shape index (κ2) is 3.77. The highest BCUT2D eigenvalue weighted by atomic mass is 16.5. The van der Waals surface area contributed by atoms with Crippen molar-refractivity contribution in [2.75, 3.05) is 7.11 Å². The van der Waals surface area contributed by atoms with E-state index in [1.54, 1.807) is 6.20 Å². The lowest BCUT2D eigenvalue weighted by Gasteiger charge is -2.01. The Hall–Kier alpha value is -2.17. The Morgan fingerprint density at radius 2 is 2.12 bits per heavy atom. The van der Waals surface area contributed by atoms with Gasteiger partial charge >= 0.3 is 5.97 Å². The third kappa shape index (κ3) is 1.46. The molecule has 0 radical (unpaired) electrons. The third-order valence-electron chi connectivity index (χ3n) is 2.36. The molecule has 0 saturated heterocycles. The van der Waals surface area contributed by atoms with E-state index >= 15 is 0 Å². The van der Waals surface area contributed by atoms with Crippen molar-refractivity contribution in [1.29, 1.82) is 0 Å². The number of H-pyrrole nitrogens is 1. The molecular weight excluding hydrogens is 208 g/mol. The quantitative estimate of drug-likeness (QED) is 0.613. The molecule has 0 aliphatic carbocycles. The minimum absolute atomic E-state index is 0.121. The zero-order valence-corrected chi connectivity index (χ0v) is 8.90. The molecule has 16 heavy (non-hydrogen) atoms. The standard InChI is InChI=1S/C11H10N2O3/c1-6(14)8-5-13-10-9(8)7(3-4-12-10)11(15)16-2/h3-5H,1-2H3,(H,12,13). The number of pyridine rings is 1. The van der Waals surface area contributed by atoms with Crippen LogP contribution in [-0.4, -0.2) is 28.8 Å². The lowest BCUT2D eigenvalue weighted by Crippen LogP contribution is -2.04. The molecule has 0 aliphatic heterocycles. The van der Waals surface area contributed by atoms with Gasteiger partial charge in [0, 0.05) is 23.3 Å². The number of nitrogens with one attached hydrogen (secondary N) is 1. The van der Waals surface area contributed by atoms with Crippen molar-refractivity contribution < 1.29 is 14.3 Å². The van der Waals surface area contributed by atoms with Gasteiger partial charge in [-0.25, -0.2) is 9.78 Å². The summed E-state index contributed by atoms with van der Waals surface area (Å²) in [5, 5.41) is 0.516. The predicted octanol–water partition coefficient (Wildman–Crippen LogP) is 1.55. The number of esters is 1. The summed E-state index contributed by atoms with van der Waals surface area (Å²) in [6.45, 7) is 1.44. The Morgan fingerprint density at radius 1 is 1.38 bits per heavy atom. The van der Waals surface area contributed by atoms with Crippen LogP contribution in [0.5, 0.6) is 0 Å². The van der Waals surface area contributed by atoms with Gasteiger partial charge in [0.2, 0.25) is 0 Å². The minimum Gasteiger partial charge on any atom is -0.465 e. The molecule has 0 bridgehead atoms. The Kier molecular flexibility index (Phi) is 2.44. The second-order valence-corrected chi connectivity index (χ2v) is 3.33. The van der Waals surface area contributed by atoms with Crippen LogP contribution in [0, 0.1) is 0 Å². The molecule has 5 nitrogen and oxygen atoms in total. The molecule has 2 aromatic rings. The summed E-state index contributed by atoms with van der Waals surface area (Å²) in [6, 6.07) is 1.54. The summed E-state index contributed by atoms with van der Waals surface area (Å²) in [6.07, 6.45) is 3.04. The number of carbonyl (C=O) groups excluding carboxylic acids is 2. The van der Waals surface area contributed by atoms with Crippen LogP contribution in [0.3, 0.4) is 0 Å². The number of ketones is 1. The molecule has 0 spiro atoms. The number of aromatic amines is 1. The van der Waals surface area contributed by atoms with Crippen molar-refractivity contribution in [2.24, 2.45) is 0 Å². The van der Waals surface area contributed by atoms with Crippen molar-refractivity contribution >= 4 is 22.8 Å². The van der Waals surface area contributed by atoms with E-state index in [1.807, 2.05) is 0 Å². The van der Waals surface area contributed by atoms with E-state index in [9.17, 15) is 9.59 Å². The molecule has 0 aliphatic rings. The van der Waals surface area contributed by atoms with Crippen molar-refractivity contribution in [3.63, 3.8) is 0 Å². The topological polar surface area (TPSA) is 72.0 Å². The van der Waals surface area contributed by atoms with E-state index in [1.165, 1.54) is 26.3 Å². The van der Waals surface area contributed by atoms with Gasteiger partial charge in [-0.3, -0.25) is 4.79 Å². The molecule has 0 saturated carbocycles. The summed E-state index contributed by atoms with van der Waals surface area (Å²) < 4.78 is 4.66. The summed E-state index contributed by atoms with van der Waals surface area (Å²) in [5.41, 5.74) is 1.30. The zero-order valence-electron chi connectivity index (χ0n) is 8.90. The molecule has 0 aromatic carbocycles. The lowest BCUT2D eigenvalue weighted by atomic mass is 10.1. The Bertz CT molecular complexity index is 572. The van der Waals surface area contributed by atoms with Gasteiger partial charge in [0.1, 0.15) is 5.65 Å². The van der Waals surface area contributed by atoms with Crippen LogP contribution in [0.25, 0.3) is 11.0 Å². The molecule has 0 atom stereocenters. The van der Waals surface area contributed by atoms with Gasteiger partial charge in [-0.15, -0.1) is 0 Å². The van der Waals surface area contributed by atoms with E-state index in [0.717, 1.165) is 0 Å². The number of ether oxygens (including phenoxy) is 1. The van der Waals surface area contributed by atoms with Gasteiger partial charge in [-0.1, -0.05) is 0 Å². The maximum Gasteiger partial charge on any atom is 0.338 e. The summed E-state index contributed by atoms with van der Waals surface area (Å²) in [4.78, 5) is 29.8. The number of nitrogens with zero attached hydrogens (tertiary/aromatic N) is 1. The molecule has 2 aromatic heterocycles. The second-order valence-electron chi connectivity index (χ2n) is 3.33. The smallest absolute Gasteiger partial charge is 0.338 e. The van der Waals surface area contributed by atoms with Gasteiger partial charge < -0.3 is 9.72 Å². The number of hydrogen-bond acceptors (Lipinski definition) is 4. The first kappa shape index (κ1) is 10.4. The predicted molar refractivity (Wildman–Crippen MR) is 57.4 cm³/mol. The lowest BCUT2D eigenvalue weighted by molar-refractivity contribution is 0.0603. The number of methoxy groups -OCH3 is 1. The first-order valence-electron chi connectivity index (χ1n) is 4.70. The average Bonchev–Trinajstić information content (AvgIpc) is 2.71. The largest absolute Gasteiger partial charge is 0.465 e. The molecule has 82 valence electrons. The van der Waals surface area contributed by atoms with Gasteiger partial charge in [-0.05, 0) is 13.0 Å². The van der Waals surface area contributed by atoms with Crippen molar-refractivity contribution in [1.82, 2.24) is 9.97 Å². The van der Waals surface area contributed by atoms with E-state index in [-0.39, 0.29) is 5.78 Å². The summed E-state index contributed by atoms with van der Waals surface area (Å²) in [5.74, 6) is -0.598. The van der Waals surface area contributed by atoms with E-state index in [0.29, 0.717) is 22.2 Å². The van der Waals surface area contributed by atoms with Crippen LogP contribution in [0.2, 0.25) is 0 Å². The van der Waals surface area contributed by atoms with Crippen LogP contribution < -0.4 is 0 Å². The van der Waals surface area contributed by atoms with Crippen LogP contribution >= 0.6 is 0 Å². The number of Topliss-reactive ketones (excluding diaryl/α,β-unsaturated/α-hetero) is 1. The van der Waals surface area contributed by atoms with Crippen LogP contribution in [0.15, 0.2) is 18.5 Å². The number of fused-ring (bicyclic) bond motifs is 1. The van der Waals surface area contributed by atoms with Gasteiger partial charge in [-0.2, -0.15) is 0 Å². The highest BCUT2D eigenvalue weighted by Crippen LogP contribution is 2.21. The first-order valence-corrected chi connectivity index (χ1v) is 4.70. The SMILES string of the molecule is COC(=O)c1ccnc2[nH]cc(C(C)=O)c12. The minimum atomic E-state index is -0.477. The molecular formula is C11H10N2O3. The van der Waals surface area contributed by atoms with Crippen molar-refractivity contribution in [3.8, 4) is 0 Å². The maximum absolute atomic E-state index is 11.5. The normalized spacial score (nSPS) is 10.4. The van der Waals surface area contributed by atoms with Gasteiger partial charge in [0.25, 0.3) is 0 Å². The summed E-state index contributed by atoms with van der Waals surface area (Å²) >= 11 is 0. The fourth-order valence-electron chi connectivity index (χ4n) is 1.61. The third-order valence-corrected chi connectivity index (χ3v) is 2.36. The highest BCUT2D eigenvalue weighted by molar-refractivity contribution is 6.13. The molecule has 0 unspecified atom stereocenters. The average molecular weight is 218 g/mol. The van der Waals surface area contributed by atoms with E-state index < -0.39 is 5.97 Å². The molecule has 2 rings (SSSR count). The van der Waals surface area contributed by atoms with Crippen LogP contribution in [0.4, 0.5) is 0 Å².